The van der Waals surface area contributed by atoms with Gasteiger partial charge in [-0.05, 0) is 38.2 Å². The smallest absolute Gasteiger partial charge is 0.317 e. The van der Waals surface area contributed by atoms with E-state index in [2.05, 4.69) is 17.8 Å². The highest BCUT2D eigenvalue weighted by Crippen LogP contribution is 2.32. The van der Waals surface area contributed by atoms with Gasteiger partial charge in [0.2, 0.25) is 0 Å². The zero-order valence-electron chi connectivity index (χ0n) is 12.2. The zero-order chi connectivity index (χ0) is 13.8. The van der Waals surface area contributed by atoms with Crippen molar-refractivity contribution < 1.29 is 4.79 Å². The molecule has 0 aliphatic heterocycles. The first-order chi connectivity index (χ1) is 9.17. The van der Waals surface area contributed by atoms with Gasteiger partial charge in [0.25, 0.3) is 0 Å². The molecule has 0 heterocycles. The standard InChI is InChI=1S/C14H26N2OS2/c1-16(11-7-5-9-13(11)19-3)14(17)15-10-6-4-8-12(10)18-2/h10-13H,4-9H2,1-3H3,(H,15,17)/t10-,11+,12+,13-/m0/s1. The Morgan fingerprint density at radius 3 is 2.37 bits per heavy atom. The first kappa shape index (κ1) is 15.4. The molecule has 0 aromatic heterocycles. The summed E-state index contributed by atoms with van der Waals surface area (Å²) in [5.41, 5.74) is 0. The number of carbonyl (C=O) groups excluding carboxylic acids is 1. The van der Waals surface area contributed by atoms with Crippen LogP contribution in [-0.2, 0) is 0 Å². The third kappa shape index (κ3) is 3.54. The third-order valence-corrected chi connectivity index (χ3v) is 6.93. The Kier molecular flexibility index (Phi) is 5.75. The molecule has 0 bridgehead atoms. The molecule has 3 nitrogen and oxygen atoms in total. The molecule has 2 amide bonds. The molecule has 0 aromatic rings. The number of urea groups is 1. The predicted molar refractivity (Wildman–Crippen MR) is 86.2 cm³/mol. The van der Waals surface area contributed by atoms with Crippen LogP contribution in [0.25, 0.3) is 0 Å². The van der Waals surface area contributed by atoms with Gasteiger partial charge >= 0.3 is 6.03 Å². The van der Waals surface area contributed by atoms with Crippen molar-refractivity contribution in [1.82, 2.24) is 10.2 Å². The molecule has 110 valence electrons. The van der Waals surface area contributed by atoms with Crippen LogP contribution in [0.4, 0.5) is 4.79 Å². The molecule has 2 aliphatic carbocycles. The number of carbonyl (C=O) groups is 1. The van der Waals surface area contributed by atoms with Gasteiger partial charge in [-0.3, -0.25) is 0 Å². The molecule has 0 radical (unpaired) electrons. The highest BCUT2D eigenvalue weighted by atomic mass is 32.2. The number of thioether (sulfide) groups is 2. The SMILES string of the molecule is CS[C@H]1CCC[C@H]1N(C)C(=O)N[C@H]1CCC[C@H]1SC. The molecule has 0 aromatic carbocycles. The third-order valence-electron chi connectivity index (χ3n) is 4.60. The molecule has 2 fully saturated rings. The molecule has 0 unspecified atom stereocenters. The molecule has 2 aliphatic rings. The quantitative estimate of drug-likeness (QED) is 0.865. The van der Waals surface area contributed by atoms with Crippen molar-refractivity contribution in [2.24, 2.45) is 0 Å². The number of rotatable bonds is 4. The topological polar surface area (TPSA) is 32.3 Å². The minimum absolute atomic E-state index is 0.136. The molecule has 1 N–H and O–H groups in total. The van der Waals surface area contributed by atoms with E-state index in [1.807, 2.05) is 35.5 Å². The average molecular weight is 303 g/mol. The molecule has 2 rings (SSSR count). The van der Waals surface area contributed by atoms with Gasteiger partial charge in [0, 0.05) is 29.6 Å². The maximum absolute atomic E-state index is 12.4. The van der Waals surface area contributed by atoms with Crippen molar-refractivity contribution in [3.63, 3.8) is 0 Å². The van der Waals surface area contributed by atoms with E-state index in [4.69, 9.17) is 0 Å². The largest absolute Gasteiger partial charge is 0.334 e. The van der Waals surface area contributed by atoms with Crippen LogP contribution in [0.5, 0.6) is 0 Å². The van der Waals surface area contributed by atoms with Crippen LogP contribution in [0.2, 0.25) is 0 Å². The second kappa shape index (κ2) is 7.11. The van der Waals surface area contributed by atoms with E-state index in [0.29, 0.717) is 22.6 Å². The lowest BCUT2D eigenvalue weighted by Gasteiger charge is -2.31. The van der Waals surface area contributed by atoms with Crippen molar-refractivity contribution in [1.29, 1.82) is 0 Å². The van der Waals surface area contributed by atoms with Gasteiger partial charge in [-0.2, -0.15) is 23.5 Å². The maximum Gasteiger partial charge on any atom is 0.317 e. The van der Waals surface area contributed by atoms with E-state index in [9.17, 15) is 4.79 Å². The monoisotopic (exact) mass is 302 g/mol. The minimum atomic E-state index is 0.136. The van der Waals surface area contributed by atoms with Crippen molar-refractivity contribution >= 4 is 29.6 Å². The molecule has 0 spiro atoms. The second-order valence-electron chi connectivity index (χ2n) is 5.64. The molecular weight excluding hydrogens is 276 g/mol. The number of amides is 2. The van der Waals surface area contributed by atoms with E-state index in [1.165, 1.54) is 25.7 Å². The van der Waals surface area contributed by atoms with Gasteiger partial charge in [-0.15, -0.1) is 0 Å². The summed E-state index contributed by atoms with van der Waals surface area (Å²) in [6.07, 6.45) is 11.6. The summed E-state index contributed by atoms with van der Waals surface area (Å²) in [7, 11) is 1.97. The van der Waals surface area contributed by atoms with Gasteiger partial charge < -0.3 is 10.2 Å². The Bertz CT molecular complexity index is 314. The van der Waals surface area contributed by atoms with Crippen LogP contribution in [0, 0.1) is 0 Å². The summed E-state index contributed by atoms with van der Waals surface area (Å²) in [6.45, 7) is 0. The zero-order valence-corrected chi connectivity index (χ0v) is 13.9. The normalized spacial score (nSPS) is 34.5. The van der Waals surface area contributed by atoms with Gasteiger partial charge in [-0.1, -0.05) is 12.8 Å². The van der Waals surface area contributed by atoms with Gasteiger partial charge in [-0.25, -0.2) is 4.79 Å². The van der Waals surface area contributed by atoms with Crippen molar-refractivity contribution in [2.75, 3.05) is 19.6 Å². The van der Waals surface area contributed by atoms with E-state index in [-0.39, 0.29) is 6.03 Å². The Labute approximate surface area is 125 Å². The lowest BCUT2D eigenvalue weighted by molar-refractivity contribution is 0.188. The molecule has 4 atom stereocenters. The Hall–Kier alpha value is -0.0300. The maximum atomic E-state index is 12.4. The van der Waals surface area contributed by atoms with Crippen molar-refractivity contribution in [3.05, 3.63) is 0 Å². The fourth-order valence-corrected chi connectivity index (χ4v) is 5.38. The van der Waals surface area contributed by atoms with Gasteiger partial charge in [0.05, 0.1) is 0 Å². The molecule has 2 saturated carbocycles. The lowest BCUT2D eigenvalue weighted by atomic mass is 10.2. The summed E-state index contributed by atoms with van der Waals surface area (Å²) in [5, 5.41) is 4.49. The van der Waals surface area contributed by atoms with Crippen LogP contribution < -0.4 is 5.32 Å². The Morgan fingerprint density at radius 1 is 1.05 bits per heavy atom. The fraction of sp³-hybridized carbons (Fsp3) is 0.929. The number of hydrogen-bond acceptors (Lipinski definition) is 3. The van der Waals surface area contributed by atoms with E-state index < -0.39 is 0 Å². The molecule has 5 heteroatoms. The highest BCUT2D eigenvalue weighted by Gasteiger charge is 2.34. The molecule has 19 heavy (non-hydrogen) atoms. The molecular formula is C14H26N2OS2. The Morgan fingerprint density at radius 2 is 1.68 bits per heavy atom. The van der Waals surface area contributed by atoms with Gasteiger partial charge in [0.15, 0.2) is 0 Å². The first-order valence-corrected chi connectivity index (χ1v) is 9.84. The van der Waals surface area contributed by atoms with Crippen molar-refractivity contribution in [3.8, 4) is 0 Å². The average Bonchev–Trinajstić information content (AvgIpc) is 3.05. The van der Waals surface area contributed by atoms with Crippen LogP contribution in [0.1, 0.15) is 38.5 Å². The minimum Gasteiger partial charge on any atom is -0.334 e. The Balaban J connectivity index is 1.88. The van der Waals surface area contributed by atoms with E-state index in [1.54, 1.807) is 0 Å². The highest BCUT2D eigenvalue weighted by molar-refractivity contribution is 7.99. The summed E-state index contributed by atoms with van der Waals surface area (Å²) in [4.78, 5) is 14.4. The van der Waals surface area contributed by atoms with Gasteiger partial charge in [0.1, 0.15) is 0 Å². The van der Waals surface area contributed by atoms with Crippen LogP contribution in [-0.4, -0.2) is 53.1 Å². The second-order valence-corrected chi connectivity index (χ2v) is 7.80. The summed E-state index contributed by atoms with van der Waals surface area (Å²) >= 11 is 3.80. The number of hydrogen-bond donors (Lipinski definition) is 1. The summed E-state index contributed by atoms with van der Waals surface area (Å²) in [6, 6.07) is 0.931. The predicted octanol–water partition coefficient (Wildman–Crippen LogP) is 3.20. The van der Waals surface area contributed by atoms with Crippen LogP contribution in [0.3, 0.4) is 0 Å². The van der Waals surface area contributed by atoms with E-state index >= 15 is 0 Å². The number of nitrogens with zero attached hydrogens (tertiary/aromatic N) is 1. The number of nitrogens with one attached hydrogen (secondary N) is 1. The summed E-state index contributed by atoms with van der Waals surface area (Å²) < 4.78 is 0. The fourth-order valence-electron chi connectivity index (χ4n) is 3.41. The van der Waals surface area contributed by atoms with Crippen LogP contribution in [0.15, 0.2) is 0 Å². The van der Waals surface area contributed by atoms with Crippen molar-refractivity contribution in [2.45, 2.75) is 61.1 Å². The summed E-state index contributed by atoms with van der Waals surface area (Å²) in [5.74, 6) is 0. The first-order valence-electron chi connectivity index (χ1n) is 7.26. The van der Waals surface area contributed by atoms with E-state index in [0.717, 1.165) is 12.8 Å². The molecule has 0 saturated heterocycles. The lowest BCUT2D eigenvalue weighted by Crippen LogP contribution is -2.50. The van der Waals surface area contributed by atoms with Crippen LogP contribution >= 0.6 is 23.5 Å².